The maximum absolute atomic E-state index is 12.2. The summed E-state index contributed by atoms with van der Waals surface area (Å²) in [6.07, 6.45) is 3.30. The number of amides is 1. The number of carbonyl (C=O) groups is 1. The Labute approximate surface area is 123 Å². The van der Waals surface area contributed by atoms with Crippen LogP contribution in [0.5, 0.6) is 0 Å². The van der Waals surface area contributed by atoms with Crippen LogP contribution in [0.3, 0.4) is 0 Å². The highest BCUT2D eigenvalue weighted by atomic mass is 79.9. The van der Waals surface area contributed by atoms with Crippen LogP contribution in [0.25, 0.3) is 0 Å². The lowest BCUT2D eigenvalue weighted by Gasteiger charge is -2.32. The van der Waals surface area contributed by atoms with E-state index in [2.05, 4.69) is 35.1 Å². The molecule has 104 valence electrons. The Morgan fingerprint density at radius 2 is 2.05 bits per heavy atom. The van der Waals surface area contributed by atoms with Crippen molar-refractivity contribution in [2.45, 2.75) is 39.2 Å². The Bertz CT molecular complexity index is 475. The number of nitrogen functional groups attached to an aromatic ring is 1. The van der Waals surface area contributed by atoms with Crippen LogP contribution in [-0.2, 0) is 0 Å². The molecule has 0 saturated heterocycles. The van der Waals surface area contributed by atoms with Gasteiger partial charge in [0.2, 0.25) is 0 Å². The summed E-state index contributed by atoms with van der Waals surface area (Å²) in [4.78, 5) is 12.2. The van der Waals surface area contributed by atoms with E-state index in [0.717, 1.165) is 23.2 Å². The van der Waals surface area contributed by atoms with Gasteiger partial charge in [0.25, 0.3) is 5.91 Å². The van der Waals surface area contributed by atoms with E-state index in [1.54, 1.807) is 12.1 Å². The van der Waals surface area contributed by atoms with Crippen LogP contribution < -0.4 is 11.1 Å². The van der Waals surface area contributed by atoms with Crippen LogP contribution in [0.4, 0.5) is 5.69 Å². The minimum Gasteiger partial charge on any atom is -0.398 e. The Hall–Kier alpha value is -1.03. The summed E-state index contributed by atoms with van der Waals surface area (Å²) in [6, 6.07) is 5.66. The van der Waals surface area contributed by atoms with Gasteiger partial charge in [0.1, 0.15) is 0 Å². The van der Waals surface area contributed by atoms with Crippen molar-refractivity contribution in [1.29, 1.82) is 0 Å². The molecule has 3 N–H and O–H groups in total. The molecule has 2 rings (SSSR count). The number of anilines is 1. The maximum Gasteiger partial charge on any atom is 0.253 e. The Balaban J connectivity index is 2.01. The van der Waals surface area contributed by atoms with Crippen LogP contribution in [-0.4, -0.2) is 11.9 Å². The number of nitrogens with two attached hydrogens (primary N) is 1. The molecule has 4 heteroatoms. The summed E-state index contributed by atoms with van der Waals surface area (Å²) >= 11 is 3.35. The average molecular weight is 325 g/mol. The molecule has 1 aromatic rings. The fourth-order valence-electron chi connectivity index (χ4n) is 2.68. The first kappa shape index (κ1) is 14.4. The Kier molecular flexibility index (Phi) is 4.50. The molecule has 0 bridgehead atoms. The van der Waals surface area contributed by atoms with Crippen LogP contribution in [0.1, 0.15) is 43.5 Å². The van der Waals surface area contributed by atoms with Crippen LogP contribution >= 0.6 is 15.9 Å². The number of benzene rings is 1. The van der Waals surface area contributed by atoms with Crippen LogP contribution in [0.2, 0.25) is 0 Å². The number of hydrogen-bond acceptors (Lipinski definition) is 2. The summed E-state index contributed by atoms with van der Waals surface area (Å²) in [5.74, 6) is 1.36. The van der Waals surface area contributed by atoms with Gasteiger partial charge >= 0.3 is 0 Å². The van der Waals surface area contributed by atoms with E-state index in [9.17, 15) is 4.79 Å². The molecule has 1 aliphatic carbocycles. The quantitative estimate of drug-likeness (QED) is 0.817. The summed E-state index contributed by atoms with van der Waals surface area (Å²) in [7, 11) is 0. The van der Waals surface area contributed by atoms with Gasteiger partial charge in [-0.3, -0.25) is 4.79 Å². The zero-order valence-electron chi connectivity index (χ0n) is 11.4. The summed E-state index contributed by atoms with van der Waals surface area (Å²) in [5, 5.41) is 3.11. The topological polar surface area (TPSA) is 55.1 Å². The van der Waals surface area contributed by atoms with E-state index >= 15 is 0 Å². The van der Waals surface area contributed by atoms with Crippen molar-refractivity contribution in [3.63, 3.8) is 0 Å². The van der Waals surface area contributed by atoms with Gasteiger partial charge in [-0.25, -0.2) is 0 Å². The second kappa shape index (κ2) is 5.95. The lowest BCUT2D eigenvalue weighted by Crippen LogP contribution is -2.40. The van der Waals surface area contributed by atoms with Crippen molar-refractivity contribution in [3.8, 4) is 0 Å². The Morgan fingerprint density at radius 1 is 1.32 bits per heavy atom. The number of nitrogens with one attached hydrogen (secondary N) is 1. The standard InChI is InChI=1S/C15H21BrN2O/c1-9-3-5-12(7-10(9)2)18-15(19)13-6-4-11(16)8-14(13)17/h4,6,8-10,12H,3,5,7,17H2,1-2H3,(H,18,19). The van der Waals surface area contributed by atoms with Crippen molar-refractivity contribution < 1.29 is 4.79 Å². The molecule has 1 aromatic carbocycles. The third kappa shape index (κ3) is 3.50. The van der Waals surface area contributed by atoms with Crippen LogP contribution in [0.15, 0.2) is 22.7 Å². The maximum atomic E-state index is 12.2. The van der Waals surface area contributed by atoms with Crippen molar-refractivity contribution in [2.75, 3.05) is 5.73 Å². The molecular weight excluding hydrogens is 304 g/mol. The van der Waals surface area contributed by atoms with Crippen molar-refractivity contribution in [3.05, 3.63) is 28.2 Å². The second-order valence-corrected chi connectivity index (χ2v) is 6.59. The summed E-state index contributed by atoms with van der Waals surface area (Å²) in [5.41, 5.74) is 6.97. The van der Waals surface area contributed by atoms with E-state index in [-0.39, 0.29) is 11.9 Å². The van der Waals surface area contributed by atoms with Gasteiger partial charge in [-0.15, -0.1) is 0 Å². The highest BCUT2D eigenvalue weighted by Crippen LogP contribution is 2.29. The first-order chi connectivity index (χ1) is 8.97. The van der Waals surface area contributed by atoms with Gasteiger partial charge in [-0.2, -0.15) is 0 Å². The lowest BCUT2D eigenvalue weighted by molar-refractivity contribution is 0.0911. The van der Waals surface area contributed by atoms with E-state index in [1.165, 1.54) is 6.42 Å². The average Bonchev–Trinajstić information content (AvgIpc) is 2.33. The highest BCUT2D eigenvalue weighted by molar-refractivity contribution is 9.10. The van der Waals surface area contributed by atoms with E-state index < -0.39 is 0 Å². The molecule has 0 radical (unpaired) electrons. The van der Waals surface area contributed by atoms with Gasteiger partial charge in [-0.05, 0) is 49.3 Å². The van der Waals surface area contributed by atoms with Crippen molar-refractivity contribution in [2.24, 2.45) is 11.8 Å². The van der Waals surface area contributed by atoms with E-state index in [4.69, 9.17) is 5.73 Å². The molecule has 19 heavy (non-hydrogen) atoms. The predicted octanol–water partition coefficient (Wildman–Crippen LogP) is 3.59. The number of carbonyl (C=O) groups excluding carboxylic acids is 1. The molecule has 3 unspecified atom stereocenters. The van der Waals surface area contributed by atoms with Crippen molar-refractivity contribution in [1.82, 2.24) is 5.32 Å². The minimum absolute atomic E-state index is 0.0586. The molecule has 0 heterocycles. The van der Waals surface area contributed by atoms with E-state index in [1.807, 2.05) is 6.07 Å². The SMILES string of the molecule is CC1CCC(NC(=O)c2ccc(Br)cc2N)CC1C. The monoisotopic (exact) mass is 324 g/mol. The second-order valence-electron chi connectivity index (χ2n) is 5.67. The van der Waals surface area contributed by atoms with Gasteiger partial charge in [0.05, 0.1) is 5.56 Å². The summed E-state index contributed by atoms with van der Waals surface area (Å²) in [6.45, 7) is 4.55. The third-order valence-corrected chi connectivity index (χ3v) is 4.68. The predicted molar refractivity (Wildman–Crippen MR) is 82.0 cm³/mol. The van der Waals surface area contributed by atoms with Gasteiger partial charge < -0.3 is 11.1 Å². The van der Waals surface area contributed by atoms with Crippen molar-refractivity contribution >= 4 is 27.5 Å². The molecule has 1 saturated carbocycles. The molecule has 3 nitrogen and oxygen atoms in total. The van der Waals surface area contributed by atoms with Gasteiger partial charge in [0, 0.05) is 16.2 Å². The first-order valence-electron chi connectivity index (χ1n) is 6.83. The fourth-order valence-corrected chi connectivity index (χ4v) is 3.06. The molecule has 3 atom stereocenters. The zero-order valence-corrected chi connectivity index (χ0v) is 13.0. The molecular formula is C15H21BrN2O. The summed E-state index contributed by atoms with van der Waals surface area (Å²) < 4.78 is 0.890. The zero-order chi connectivity index (χ0) is 14.0. The largest absolute Gasteiger partial charge is 0.398 e. The highest BCUT2D eigenvalue weighted by Gasteiger charge is 2.26. The number of hydrogen-bond donors (Lipinski definition) is 2. The smallest absolute Gasteiger partial charge is 0.253 e. The van der Waals surface area contributed by atoms with Crippen LogP contribution in [0, 0.1) is 11.8 Å². The minimum atomic E-state index is -0.0586. The van der Waals surface area contributed by atoms with E-state index in [0.29, 0.717) is 17.2 Å². The molecule has 0 aliphatic heterocycles. The number of halogens is 1. The van der Waals surface area contributed by atoms with Gasteiger partial charge in [0.15, 0.2) is 0 Å². The molecule has 1 amide bonds. The molecule has 1 aliphatic rings. The first-order valence-corrected chi connectivity index (χ1v) is 7.62. The Morgan fingerprint density at radius 3 is 2.68 bits per heavy atom. The molecule has 0 spiro atoms. The molecule has 1 fully saturated rings. The molecule has 0 aromatic heterocycles. The third-order valence-electron chi connectivity index (χ3n) is 4.19. The van der Waals surface area contributed by atoms with Gasteiger partial charge in [-0.1, -0.05) is 29.8 Å². The normalized spacial score (nSPS) is 27.0. The lowest BCUT2D eigenvalue weighted by atomic mass is 9.79. The fraction of sp³-hybridized carbons (Fsp3) is 0.533. The number of rotatable bonds is 2.